The molecule has 2 aliphatic rings. The SMILES string of the molecule is CN(C)c1nc(N2CCCCC2)ncc1NC(=O)C1CCCO1. The Labute approximate surface area is 137 Å². The van der Waals surface area contributed by atoms with E-state index in [9.17, 15) is 4.79 Å². The minimum Gasteiger partial charge on any atom is -0.368 e. The number of nitrogens with zero attached hydrogens (tertiary/aromatic N) is 4. The number of amides is 1. The lowest BCUT2D eigenvalue weighted by atomic mass is 10.1. The lowest BCUT2D eigenvalue weighted by Crippen LogP contribution is -2.32. The molecule has 0 saturated carbocycles. The summed E-state index contributed by atoms with van der Waals surface area (Å²) in [6.07, 6.45) is 6.69. The van der Waals surface area contributed by atoms with Crippen molar-refractivity contribution in [3.05, 3.63) is 6.20 Å². The summed E-state index contributed by atoms with van der Waals surface area (Å²) in [6, 6.07) is 0. The molecule has 0 spiro atoms. The molecule has 7 heteroatoms. The fourth-order valence-electron chi connectivity index (χ4n) is 3.04. The van der Waals surface area contributed by atoms with Gasteiger partial charge in [-0.25, -0.2) is 4.98 Å². The van der Waals surface area contributed by atoms with Crippen molar-refractivity contribution in [1.82, 2.24) is 9.97 Å². The summed E-state index contributed by atoms with van der Waals surface area (Å²) in [5.41, 5.74) is 0.635. The van der Waals surface area contributed by atoms with Gasteiger partial charge in [-0.1, -0.05) is 0 Å². The highest BCUT2D eigenvalue weighted by Crippen LogP contribution is 2.26. The third-order valence-corrected chi connectivity index (χ3v) is 4.30. The Hall–Kier alpha value is -1.89. The van der Waals surface area contributed by atoms with E-state index in [-0.39, 0.29) is 12.0 Å². The number of carbonyl (C=O) groups excluding carboxylic acids is 1. The molecule has 2 fully saturated rings. The Morgan fingerprint density at radius 1 is 1.30 bits per heavy atom. The Morgan fingerprint density at radius 2 is 2.09 bits per heavy atom. The molecule has 0 radical (unpaired) electrons. The van der Waals surface area contributed by atoms with Crippen molar-refractivity contribution in [2.45, 2.75) is 38.2 Å². The van der Waals surface area contributed by atoms with Crippen molar-refractivity contribution < 1.29 is 9.53 Å². The second-order valence-electron chi connectivity index (χ2n) is 6.34. The van der Waals surface area contributed by atoms with E-state index >= 15 is 0 Å². The predicted octanol–water partition coefficient (Wildman–Crippen LogP) is 1.65. The average Bonchev–Trinajstić information content (AvgIpc) is 3.10. The van der Waals surface area contributed by atoms with Gasteiger partial charge in [-0.2, -0.15) is 4.98 Å². The lowest BCUT2D eigenvalue weighted by Gasteiger charge is -2.28. The highest BCUT2D eigenvalue weighted by Gasteiger charge is 2.25. The average molecular weight is 319 g/mol. The van der Waals surface area contributed by atoms with Gasteiger partial charge < -0.3 is 19.9 Å². The molecule has 23 heavy (non-hydrogen) atoms. The summed E-state index contributed by atoms with van der Waals surface area (Å²) in [4.78, 5) is 25.5. The van der Waals surface area contributed by atoms with Gasteiger partial charge in [0.05, 0.1) is 6.20 Å². The highest BCUT2D eigenvalue weighted by atomic mass is 16.5. The van der Waals surface area contributed by atoms with E-state index < -0.39 is 0 Å². The number of piperidine rings is 1. The fraction of sp³-hybridized carbons (Fsp3) is 0.688. The van der Waals surface area contributed by atoms with Crippen molar-refractivity contribution in [3.63, 3.8) is 0 Å². The standard InChI is InChI=1S/C16H25N5O2/c1-20(2)14-12(18-15(22)13-7-6-10-23-13)11-17-16(19-14)21-8-4-3-5-9-21/h11,13H,3-10H2,1-2H3,(H,18,22). The number of rotatable bonds is 4. The molecule has 1 aromatic heterocycles. The van der Waals surface area contributed by atoms with Gasteiger partial charge in [-0.05, 0) is 32.1 Å². The Morgan fingerprint density at radius 3 is 2.74 bits per heavy atom. The summed E-state index contributed by atoms with van der Waals surface area (Å²) in [6.45, 7) is 2.64. The first-order valence-electron chi connectivity index (χ1n) is 8.37. The second-order valence-corrected chi connectivity index (χ2v) is 6.34. The van der Waals surface area contributed by atoms with E-state index in [1.165, 1.54) is 19.3 Å². The number of aromatic nitrogens is 2. The lowest BCUT2D eigenvalue weighted by molar-refractivity contribution is -0.124. The molecule has 1 unspecified atom stereocenters. The predicted molar refractivity (Wildman–Crippen MR) is 90.0 cm³/mol. The molecule has 0 aliphatic carbocycles. The van der Waals surface area contributed by atoms with Crippen molar-refractivity contribution in [3.8, 4) is 0 Å². The zero-order valence-corrected chi connectivity index (χ0v) is 13.9. The van der Waals surface area contributed by atoms with Crippen molar-refractivity contribution in [1.29, 1.82) is 0 Å². The molecule has 0 aromatic carbocycles. The van der Waals surface area contributed by atoms with E-state index in [2.05, 4.69) is 20.2 Å². The minimum absolute atomic E-state index is 0.111. The maximum Gasteiger partial charge on any atom is 0.253 e. The van der Waals surface area contributed by atoms with Crippen LogP contribution >= 0.6 is 0 Å². The molecule has 126 valence electrons. The van der Waals surface area contributed by atoms with Gasteiger partial charge in [0.2, 0.25) is 5.95 Å². The van der Waals surface area contributed by atoms with Crippen LogP contribution in [-0.2, 0) is 9.53 Å². The first-order valence-corrected chi connectivity index (χ1v) is 8.37. The quantitative estimate of drug-likeness (QED) is 0.910. The molecule has 1 aromatic rings. The zero-order valence-electron chi connectivity index (χ0n) is 13.9. The summed E-state index contributed by atoms with van der Waals surface area (Å²) >= 11 is 0. The number of hydrogen-bond acceptors (Lipinski definition) is 6. The van der Waals surface area contributed by atoms with E-state index in [4.69, 9.17) is 4.74 Å². The largest absolute Gasteiger partial charge is 0.368 e. The van der Waals surface area contributed by atoms with Crippen molar-refractivity contribution in [2.75, 3.05) is 48.9 Å². The number of ether oxygens (including phenoxy) is 1. The van der Waals surface area contributed by atoms with E-state index in [0.717, 1.165) is 37.7 Å². The summed E-state index contributed by atoms with van der Waals surface area (Å²) in [7, 11) is 3.84. The van der Waals surface area contributed by atoms with Crippen molar-refractivity contribution in [2.24, 2.45) is 0 Å². The molecule has 1 N–H and O–H groups in total. The Kier molecular flexibility index (Phi) is 4.95. The maximum atomic E-state index is 12.3. The van der Waals surface area contributed by atoms with Gasteiger partial charge >= 0.3 is 0 Å². The van der Waals surface area contributed by atoms with Crippen LogP contribution in [0, 0.1) is 0 Å². The highest BCUT2D eigenvalue weighted by molar-refractivity contribution is 5.96. The third kappa shape index (κ3) is 3.72. The molecular weight excluding hydrogens is 294 g/mol. The summed E-state index contributed by atoms with van der Waals surface area (Å²) in [5.74, 6) is 1.36. The van der Waals surface area contributed by atoms with Crippen LogP contribution in [0.4, 0.5) is 17.5 Å². The van der Waals surface area contributed by atoms with Crippen LogP contribution < -0.4 is 15.1 Å². The summed E-state index contributed by atoms with van der Waals surface area (Å²) < 4.78 is 5.43. The van der Waals surface area contributed by atoms with Gasteiger partial charge in [0, 0.05) is 33.8 Å². The molecule has 2 saturated heterocycles. The molecule has 3 rings (SSSR count). The van der Waals surface area contributed by atoms with Crippen LogP contribution in [0.15, 0.2) is 6.20 Å². The molecule has 3 heterocycles. The molecule has 0 bridgehead atoms. The van der Waals surface area contributed by atoms with E-state index in [1.807, 2.05) is 19.0 Å². The normalized spacial score (nSPS) is 21.3. The maximum absolute atomic E-state index is 12.3. The second kappa shape index (κ2) is 7.12. The van der Waals surface area contributed by atoms with E-state index in [0.29, 0.717) is 12.3 Å². The molecular formula is C16H25N5O2. The first kappa shape index (κ1) is 16.0. The smallest absolute Gasteiger partial charge is 0.253 e. The number of nitrogens with one attached hydrogen (secondary N) is 1. The number of carbonyl (C=O) groups is 1. The van der Waals surface area contributed by atoms with Crippen LogP contribution in [0.5, 0.6) is 0 Å². The van der Waals surface area contributed by atoms with Gasteiger partial charge in [-0.3, -0.25) is 4.79 Å². The Balaban J connectivity index is 1.77. The third-order valence-electron chi connectivity index (χ3n) is 4.30. The van der Waals surface area contributed by atoms with Gasteiger partial charge in [0.15, 0.2) is 5.82 Å². The van der Waals surface area contributed by atoms with Crippen LogP contribution in [-0.4, -0.2) is 55.8 Å². The zero-order chi connectivity index (χ0) is 16.2. The topological polar surface area (TPSA) is 70.6 Å². The molecule has 7 nitrogen and oxygen atoms in total. The van der Waals surface area contributed by atoms with Crippen LogP contribution in [0.1, 0.15) is 32.1 Å². The number of anilines is 3. The van der Waals surface area contributed by atoms with Gasteiger partial charge in [-0.15, -0.1) is 0 Å². The number of hydrogen-bond donors (Lipinski definition) is 1. The van der Waals surface area contributed by atoms with Crippen molar-refractivity contribution >= 4 is 23.4 Å². The van der Waals surface area contributed by atoms with Crippen LogP contribution in [0.3, 0.4) is 0 Å². The Bertz CT molecular complexity index is 551. The van der Waals surface area contributed by atoms with E-state index in [1.54, 1.807) is 6.20 Å². The minimum atomic E-state index is -0.355. The summed E-state index contributed by atoms with van der Waals surface area (Å²) in [5, 5.41) is 2.91. The van der Waals surface area contributed by atoms with Gasteiger partial charge in [0.25, 0.3) is 5.91 Å². The first-order chi connectivity index (χ1) is 11.1. The fourth-order valence-corrected chi connectivity index (χ4v) is 3.04. The molecule has 1 amide bonds. The monoisotopic (exact) mass is 319 g/mol. The van der Waals surface area contributed by atoms with Gasteiger partial charge in [0.1, 0.15) is 11.8 Å². The molecule has 2 aliphatic heterocycles. The molecule has 1 atom stereocenters. The van der Waals surface area contributed by atoms with Crippen LogP contribution in [0.2, 0.25) is 0 Å². The van der Waals surface area contributed by atoms with Crippen LogP contribution in [0.25, 0.3) is 0 Å².